The first-order chi connectivity index (χ1) is 10.8. The molecule has 22 heavy (non-hydrogen) atoms. The minimum Gasteiger partial charge on any atom is -0.376 e. The van der Waals surface area contributed by atoms with Crippen LogP contribution in [0.3, 0.4) is 0 Å². The van der Waals surface area contributed by atoms with E-state index in [4.69, 9.17) is 4.74 Å². The van der Waals surface area contributed by atoms with Crippen LogP contribution in [0.2, 0.25) is 0 Å². The second-order valence-electron chi connectivity index (χ2n) is 5.53. The molecule has 0 saturated carbocycles. The van der Waals surface area contributed by atoms with Crippen molar-refractivity contribution in [2.24, 2.45) is 0 Å². The lowest BCUT2D eigenvalue weighted by atomic mass is 10.1. The van der Waals surface area contributed by atoms with Crippen LogP contribution in [0.4, 0.5) is 0 Å². The molecule has 0 unspecified atom stereocenters. The maximum absolute atomic E-state index is 11.3. The molecule has 1 aliphatic rings. The molecule has 1 saturated heterocycles. The highest BCUT2D eigenvalue weighted by atomic mass is 16.5. The van der Waals surface area contributed by atoms with Crippen molar-refractivity contribution in [3.8, 4) is 0 Å². The first kappa shape index (κ1) is 14.9. The molecule has 116 valence electrons. The Morgan fingerprint density at radius 1 is 1.45 bits per heavy atom. The Morgan fingerprint density at radius 2 is 2.41 bits per heavy atom. The average Bonchev–Trinajstić information content (AvgIpc) is 2.54. The second-order valence-corrected chi connectivity index (χ2v) is 5.53. The van der Waals surface area contributed by atoms with Gasteiger partial charge >= 0.3 is 0 Å². The van der Waals surface area contributed by atoms with Gasteiger partial charge in [0.2, 0.25) is 0 Å². The summed E-state index contributed by atoms with van der Waals surface area (Å²) in [7, 11) is 0. The number of H-pyrrole nitrogens is 1. The highest BCUT2D eigenvalue weighted by molar-refractivity contribution is 5.08. The maximum atomic E-state index is 11.3. The van der Waals surface area contributed by atoms with E-state index in [1.165, 1.54) is 11.9 Å². The smallest absolute Gasteiger partial charge is 0.250 e. The summed E-state index contributed by atoms with van der Waals surface area (Å²) in [5.74, 6) is 0. The zero-order chi connectivity index (χ0) is 15.2. The number of nitrogens with zero attached hydrogens (tertiary/aromatic N) is 3. The summed E-state index contributed by atoms with van der Waals surface area (Å²) in [4.78, 5) is 24.5. The predicted molar refractivity (Wildman–Crippen MR) is 82.4 cm³/mol. The van der Waals surface area contributed by atoms with Crippen LogP contribution in [0.1, 0.15) is 17.7 Å². The van der Waals surface area contributed by atoms with Crippen molar-refractivity contribution in [1.29, 1.82) is 0 Å². The number of aromatic amines is 1. The first-order valence-electron chi connectivity index (χ1n) is 7.56. The molecule has 3 heterocycles. The number of nitrogens with one attached hydrogen (secondary N) is 1. The summed E-state index contributed by atoms with van der Waals surface area (Å²) in [5, 5.41) is 0. The van der Waals surface area contributed by atoms with E-state index in [1.807, 2.05) is 12.3 Å². The Labute approximate surface area is 129 Å². The Balaban J connectivity index is 1.51. The van der Waals surface area contributed by atoms with Crippen LogP contribution < -0.4 is 5.56 Å². The molecule has 6 nitrogen and oxygen atoms in total. The monoisotopic (exact) mass is 300 g/mol. The number of ether oxygens (including phenoxy) is 1. The van der Waals surface area contributed by atoms with Gasteiger partial charge in [0.15, 0.2) is 0 Å². The van der Waals surface area contributed by atoms with E-state index in [2.05, 4.69) is 25.9 Å². The third-order valence-corrected chi connectivity index (χ3v) is 3.81. The van der Waals surface area contributed by atoms with E-state index in [0.717, 1.165) is 44.8 Å². The van der Waals surface area contributed by atoms with Crippen LogP contribution in [0.5, 0.6) is 0 Å². The molecule has 1 N–H and O–H groups in total. The number of hydrogen-bond donors (Lipinski definition) is 1. The lowest BCUT2D eigenvalue weighted by molar-refractivity contribution is -0.0347. The van der Waals surface area contributed by atoms with Crippen molar-refractivity contribution in [1.82, 2.24) is 19.9 Å². The van der Waals surface area contributed by atoms with Gasteiger partial charge in [-0.1, -0.05) is 6.07 Å². The Hall–Kier alpha value is -2.05. The minimum atomic E-state index is -0.104. The highest BCUT2D eigenvalue weighted by Crippen LogP contribution is 2.13. The van der Waals surface area contributed by atoms with E-state index in [9.17, 15) is 4.79 Å². The molecule has 2 aromatic rings. The average molecular weight is 300 g/mol. The van der Waals surface area contributed by atoms with Crippen molar-refractivity contribution in [3.05, 3.63) is 58.5 Å². The molecule has 0 aromatic carbocycles. The summed E-state index contributed by atoms with van der Waals surface area (Å²) < 4.78 is 5.83. The standard InChI is InChI=1S/C16H20N4O2/c21-16-8-14(18-12-19-16)3-4-15-11-20(6-7-22-15)10-13-2-1-5-17-9-13/h1-2,5,8-9,12,15H,3-4,6-7,10-11H2,(H,18,19,21)/t15-/m1/s1. The van der Waals surface area contributed by atoms with Crippen LogP contribution in [0.15, 0.2) is 41.7 Å². The van der Waals surface area contributed by atoms with Crippen LogP contribution in [0.25, 0.3) is 0 Å². The van der Waals surface area contributed by atoms with Crippen molar-refractivity contribution in [2.75, 3.05) is 19.7 Å². The Morgan fingerprint density at radius 3 is 3.23 bits per heavy atom. The molecule has 1 atom stereocenters. The molecular formula is C16H20N4O2. The van der Waals surface area contributed by atoms with Crippen molar-refractivity contribution in [3.63, 3.8) is 0 Å². The lowest BCUT2D eigenvalue weighted by Gasteiger charge is -2.32. The van der Waals surface area contributed by atoms with Crippen LogP contribution in [0, 0.1) is 0 Å². The lowest BCUT2D eigenvalue weighted by Crippen LogP contribution is -2.42. The summed E-state index contributed by atoms with van der Waals surface area (Å²) in [6.45, 7) is 3.48. The quantitative estimate of drug-likeness (QED) is 0.892. The maximum Gasteiger partial charge on any atom is 0.250 e. The molecule has 2 aromatic heterocycles. The molecule has 1 fully saturated rings. The van der Waals surface area contributed by atoms with Crippen molar-refractivity contribution < 1.29 is 4.74 Å². The van der Waals surface area contributed by atoms with E-state index in [0.29, 0.717) is 0 Å². The number of hydrogen-bond acceptors (Lipinski definition) is 5. The van der Waals surface area contributed by atoms with E-state index < -0.39 is 0 Å². The van der Waals surface area contributed by atoms with Gasteiger partial charge in [0.05, 0.1) is 19.0 Å². The van der Waals surface area contributed by atoms with Gasteiger partial charge < -0.3 is 9.72 Å². The summed E-state index contributed by atoms with van der Waals surface area (Å²) in [6.07, 6.45) is 6.97. The highest BCUT2D eigenvalue weighted by Gasteiger charge is 2.20. The number of aryl methyl sites for hydroxylation is 1. The third-order valence-electron chi connectivity index (χ3n) is 3.81. The zero-order valence-corrected chi connectivity index (χ0v) is 12.4. The SMILES string of the molecule is O=c1cc(CC[C@@H]2CN(Cc3cccnc3)CCO2)nc[nH]1. The van der Waals surface area contributed by atoms with Crippen LogP contribution in [-0.4, -0.2) is 45.7 Å². The molecule has 0 amide bonds. The Bertz CT molecular complexity index is 644. The normalized spacial score (nSPS) is 19.2. The second kappa shape index (κ2) is 7.29. The van der Waals surface area contributed by atoms with Gasteiger partial charge in [-0.15, -0.1) is 0 Å². The van der Waals surface area contributed by atoms with E-state index in [1.54, 1.807) is 12.3 Å². The van der Waals surface area contributed by atoms with Gasteiger partial charge in [0, 0.05) is 43.8 Å². The van der Waals surface area contributed by atoms with E-state index in [-0.39, 0.29) is 11.7 Å². The number of aromatic nitrogens is 3. The fourth-order valence-corrected chi connectivity index (χ4v) is 2.70. The molecule has 0 bridgehead atoms. The summed E-state index contributed by atoms with van der Waals surface area (Å²) >= 11 is 0. The minimum absolute atomic E-state index is 0.104. The van der Waals surface area contributed by atoms with Crippen LogP contribution in [-0.2, 0) is 17.7 Å². The fourth-order valence-electron chi connectivity index (χ4n) is 2.70. The van der Waals surface area contributed by atoms with Crippen LogP contribution >= 0.6 is 0 Å². The van der Waals surface area contributed by atoms with Gasteiger partial charge in [-0.05, 0) is 24.5 Å². The topological polar surface area (TPSA) is 71.1 Å². The Kier molecular flexibility index (Phi) is 4.92. The fraction of sp³-hybridized carbons (Fsp3) is 0.438. The molecule has 0 spiro atoms. The zero-order valence-electron chi connectivity index (χ0n) is 12.4. The van der Waals surface area contributed by atoms with Crippen molar-refractivity contribution >= 4 is 0 Å². The largest absolute Gasteiger partial charge is 0.376 e. The molecule has 3 rings (SSSR count). The van der Waals surface area contributed by atoms with Crippen molar-refractivity contribution in [2.45, 2.75) is 25.5 Å². The third kappa shape index (κ3) is 4.22. The molecule has 0 radical (unpaired) electrons. The van der Waals surface area contributed by atoms with Gasteiger partial charge in [-0.2, -0.15) is 0 Å². The van der Waals surface area contributed by atoms with E-state index >= 15 is 0 Å². The van der Waals surface area contributed by atoms with Gasteiger partial charge in [0.25, 0.3) is 5.56 Å². The first-order valence-corrected chi connectivity index (χ1v) is 7.56. The van der Waals surface area contributed by atoms with Gasteiger partial charge in [0.1, 0.15) is 0 Å². The molecular weight excluding hydrogens is 280 g/mol. The summed E-state index contributed by atoms with van der Waals surface area (Å²) in [5.41, 5.74) is 1.93. The van der Waals surface area contributed by atoms with Gasteiger partial charge in [-0.3, -0.25) is 14.7 Å². The van der Waals surface area contributed by atoms with Gasteiger partial charge in [-0.25, -0.2) is 4.98 Å². The number of morpholine rings is 1. The molecule has 6 heteroatoms. The summed E-state index contributed by atoms with van der Waals surface area (Å²) in [6, 6.07) is 5.61. The molecule has 1 aliphatic heterocycles. The molecule has 0 aliphatic carbocycles. The number of rotatable bonds is 5. The predicted octanol–water partition coefficient (Wildman–Crippen LogP) is 0.998. The number of pyridine rings is 1.